The molecular formula is C14H14FN5O2. The second-order valence-corrected chi connectivity index (χ2v) is 5.55. The molecule has 3 aromatic rings. The first-order valence-corrected chi connectivity index (χ1v) is 6.94. The van der Waals surface area contributed by atoms with Crippen LogP contribution in [0.3, 0.4) is 0 Å². The predicted molar refractivity (Wildman–Crippen MR) is 76.9 cm³/mol. The Morgan fingerprint density at radius 1 is 1.50 bits per heavy atom. The van der Waals surface area contributed by atoms with E-state index in [1.165, 1.54) is 6.07 Å². The molecule has 1 saturated heterocycles. The minimum Gasteiger partial charge on any atom is -0.392 e. The summed E-state index contributed by atoms with van der Waals surface area (Å²) < 4.78 is 15.2. The van der Waals surface area contributed by atoms with Crippen LogP contribution < -0.4 is 11.1 Å². The highest BCUT2D eigenvalue weighted by Gasteiger charge is 2.27. The highest BCUT2D eigenvalue weighted by Crippen LogP contribution is 2.30. The highest BCUT2D eigenvalue weighted by molar-refractivity contribution is 6.05. The number of aliphatic hydroxyl groups is 1. The molecule has 2 unspecified atom stereocenters. The molecule has 0 aliphatic carbocycles. The molecule has 0 saturated carbocycles. The Bertz CT molecular complexity index is 900. The number of H-pyrrole nitrogens is 1. The van der Waals surface area contributed by atoms with Gasteiger partial charge < -0.3 is 21.1 Å². The molecule has 2 atom stereocenters. The number of nitrogens with one attached hydrogen (secondary N) is 2. The first-order chi connectivity index (χ1) is 10.5. The molecule has 22 heavy (non-hydrogen) atoms. The largest absolute Gasteiger partial charge is 0.392 e. The van der Waals surface area contributed by atoms with Crippen LogP contribution in [0.2, 0.25) is 0 Å². The third kappa shape index (κ3) is 1.81. The molecular weight excluding hydrogens is 289 g/mol. The van der Waals surface area contributed by atoms with E-state index in [4.69, 9.17) is 5.73 Å². The zero-order chi connectivity index (χ0) is 15.4. The lowest BCUT2D eigenvalue weighted by Crippen LogP contribution is -2.14. The number of nitrogens with zero attached hydrogens (tertiary/aromatic N) is 2. The third-order valence-electron chi connectivity index (χ3n) is 4.09. The van der Waals surface area contributed by atoms with Gasteiger partial charge in [0.25, 0.3) is 5.91 Å². The number of imidazole rings is 1. The van der Waals surface area contributed by atoms with Crippen LogP contribution in [0.15, 0.2) is 18.3 Å². The smallest absolute Gasteiger partial charge is 0.251 e. The summed E-state index contributed by atoms with van der Waals surface area (Å²) in [7, 11) is 0. The molecule has 0 spiro atoms. The van der Waals surface area contributed by atoms with E-state index in [2.05, 4.69) is 15.4 Å². The standard InChI is InChI=1S/C14H14FN5O2/c15-6-1-8(13(16)22)12-11(2-6)19-14-9(5-18-20(12)14)10-3-7(21)4-17-10/h1-2,5,7,10,17,19,21H,3-4H2,(H2,16,22). The zero-order valence-corrected chi connectivity index (χ0v) is 11.5. The van der Waals surface area contributed by atoms with Crippen LogP contribution >= 0.6 is 0 Å². The number of β-amino-alcohol motifs (C(OH)–C–C–N with tert-alkyl or cyclic N) is 1. The summed E-state index contributed by atoms with van der Waals surface area (Å²) in [6.07, 6.45) is 1.85. The number of rotatable bonds is 2. The van der Waals surface area contributed by atoms with Crippen molar-refractivity contribution in [1.82, 2.24) is 19.9 Å². The number of primary amides is 1. The number of benzene rings is 1. The fourth-order valence-electron chi connectivity index (χ4n) is 3.10. The van der Waals surface area contributed by atoms with Gasteiger partial charge in [0.2, 0.25) is 0 Å². The molecule has 8 heteroatoms. The topological polar surface area (TPSA) is 108 Å². The summed E-state index contributed by atoms with van der Waals surface area (Å²) in [5.74, 6) is -1.25. The molecule has 0 bridgehead atoms. The Balaban J connectivity index is 1.97. The molecule has 1 aromatic carbocycles. The van der Waals surface area contributed by atoms with E-state index in [0.29, 0.717) is 29.6 Å². The summed E-state index contributed by atoms with van der Waals surface area (Å²) in [6.45, 7) is 0.517. The number of hydrogen-bond donors (Lipinski definition) is 4. The number of nitrogens with two attached hydrogens (primary N) is 1. The zero-order valence-electron chi connectivity index (χ0n) is 11.5. The van der Waals surface area contributed by atoms with Crippen LogP contribution in [0.25, 0.3) is 16.7 Å². The fraction of sp³-hybridized carbons (Fsp3) is 0.286. The Hall–Kier alpha value is -2.45. The fourth-order valence-corrected chi connectivity index (χ4v) is 3.10. The minimum absolute atomic E-state index is 0.0394. The molecule has 7 nitrogen and oxygen atoms in total. The van der Waals surface area contributed by atoms with Crippen molar-refractivity contribution in [3.05, 3.63) is 35.3 Å². The first-order valence-electron chi connectivity index (χ1n) is 6.94. The summed E-state index contributed by atoms with van der Waals surface area (Å²) in [5.41, 5.74) is 7.85. The van der Waals surface area contributed by atoms with Gasteiger partial charge in [-0.15, -0.1) is 0 Å². The number of carbonyl (C=O) groups is 1. The minimum atomic E-state index is -0.711. The van der Waals surface area contributed by atoms with Crippen molar-refractivity contribution in [3.8, 4) is 0 Å². The number of carbonyl (C=O) groups excluding carboxylic acids is 1. The second-order valence-electron chi connectivity index (χ2n) is 5.55. The van der Waals surface area contributed by atoms with Crippen molar-refractivity contribution >= 4 is 22.6 Å². The third-order valence-corrected chi connectivity index (χ3v) is 4.09. The van der Waals surface area contributed by atoms with E-state index in [-0.39, 0.29) is 11.6 Å². The normalized spacial score (nSPS) is 21.9. The van der Waals surface area contributed by atoms with E-state index in [1.54, 1.807) is 10.7 Å². The first kappa shape index (κ1) is 13.2. The van der Waals surface area contributed by atoms with Gasteiger partial charge >= 0.3 is 0 Å². The maximum Gasteiger partial charge on any atom is 0.251 e. The van der Waals surface area contributed by atoms with Gasteiger partial charge in [-0.2, -0.15) is 5.10 Å². The van der Waals surface area contributed by atoms with Gasteiger partial charge in [0.15, 0.2) is 0 Å². The van der Waals surface area contributed by atoms with Gasteiger partial charge in [-0.1, -0.05) is 0 Å². The van der Waals surface area contributed by atoms with Crippen molar-refractivity contribution in [3.63, 3.8) is 0 Å². The summed E-state index contributed by atoms with van der Waals surface area (Å²) >= 11 is 0. The van der Waals surface area contributed by atoms with Crippen LogP contribution in [-0.2, 0) is 0 Å². The SMILES string of the molecule is NC(=O)c1cc(F)cc2[nH]c3c(C4CC(O)CN4)cnn3c12. The van der Waals surface area contributed by atoms with Gasteiger partial charge in [-0.25, -0.2) is 8.91 Å². The molecule has 1 aliphatic rings. The molecule has 3 heterocycles. The lowest BCUT2D eigenvalue weighted by Gasteiger charge is -2.06. The Morgan fingerprint density at radius 3 is 3.00 bits per heavy atom. The van der Waals surface area contributed by atoms with E-state index in [1.807, 2.05) is 0 Å². The van der Waals surface area contributed by atoms with Crippen LogP contribution in [0, 0.1) is 5.82 Å². The lowest BCUT2D eigenvalue weighted by atomic mass is 10.1. The van der Waals surface area contributed by atoms with Gasteiger partial charge in [0.1, 0.15) is 17.0 Å². The van der Waals surface area contributed by atoms with Crippen LogP contribution in [0.4, 0.5) is 4.39 Å². The number of hydrogen-bond acceptors (Lipinski definition) is 4. The molecule has 5 N–H and O–H groups in total. The van der Waals surface area contributed by atoms with Crippen LogP contribution in [0.1, 0.15) is 28.4 Å². The highest BCUT2D eigenvalue weighted by atomic mass is 19.1. The number of fused-ring (bicyclic) bond motifs is 3. The summed E-state index contributed by atoms with van der Waals surface area (Å²) in [4.78, 5) is 14.7. The van der Waals surface area contributed by atoms with Crippen molar-refractivity contribution in [2.45, 2.75) is 18.6 Å². The molecule has 2 aromatic heterocycles. The molecule has 0 radical (unpaired) electrons. The summed E-state index contributed by atoms with van der Waals surface area (Å²) in [5, 5.41) is 17.1. The average Bonchev–Trinajstić information content (AvgIpc) is 3.11. The van der Waals surface area contributed by atoms with Gasteiger partial charge in [-0.3, -0.25) is 4.79 Å². The lowest BCUT2D eigenvalue weighted by molar-refractivity contribution is 0.100. The molecule has 114 valence electrons. The number of amides is 1. The quantitative estimate of drug-likeness (QED) is 0.551. The second kappa shape index (κ2) is 4.52. The van der Waals surface area contributed by atoms with E-state index >= 15 is 0 Å². The molecule has 4 rings (SSSR count). The maximum atomic E-state index is 13.6. The Kier molecular flexibility index (Phi) is 2.72. The van der Waals surface area contributed by atoms with Crippen molar-refractivity contribution in [2.24, 2.45) is 5.73 Å². The Labute approximate surface area is 123 Å². The average molecular weight is 303 g/mol. The number of aromatic amines is 1. The molecule has 1 amide bonds. The van der Waals surface area contributed by atoms with E-state index in [0.717, 1.165) is 11.6 Å². The number of halogens is 1. The van der Waals surface area contributed by atoms with Gasteiger partial charge in [0, 0.05) is 18.2 Å². The molecule has 1 aliphatic heterocycles. The van der Waals surface area contributed by atoms with Crippen molar-refractivity contribution in [2.75, 3.05) is 6.54 Å². The van der Waals surface area contributed by atoms with Gasteiger partial charge in [0.05, 0.1) is 23.4 Å². The monoisotopic (exact) mass is 303 g/mol. The van der Waals surface area contributed by atoms with Crippen molar-refractivity contribution in [1.29, 1.82) is 0 Å². The summed E-state index contributed by atoms with van der Waals surface area (Å²) in [6, 6.07) is 2.37. The maximum absolute atomic E-state index is 13.6. The number of aliphatic hydroxyl groups excluding tert-OH is 1. The predicted octanol–water partition coefficient (Wildman–Crippen LogP) is 0.449. The Morgan fingerprint density at radius 2 is 2.32 bits per heavy atom. The van der Waals surface area contributed by atoms with Gasteiger partial charge in [-0.05, 0) is 18.6 Å². The molecule has 1 fully saturated rings. The number of aromatic nitrogens is 3. The van der Waals surface area contributed by atoms with Crippen LogP contribution in [0.5, 0.6) is 0 Å². The van der Waals surface area contributed by atoms with Crippen molar-refractivity contribution < 1.29 is 14.3 Å². The van der Waals surface area contributed by atoms with E-state index < -0.39 is 17.8 Å². The van der Waals surface area contributed by atoms with Crippen LogP contribution in [-0.4, -0.2) is 38.3 Å². The van der Waals surface area contributed by atoms with E-state index in [9.17, 15) is 14.3 Å².